The van der Waals surface area contributed by atoms with E-state index in [9.17, 15) is 9.18 Å². The maximum atomic E-state index is 13.6. The van der Waals surface area contributed by atoms with Crippen molar-refractivity contribution in [1.82, 2.24) is 5.32 Å². The first-order chi connectivity index (χ1) is 8.54. The number of nitrogens with one attached hydrogen (secondary N) is 1. The smallest absolute Gasteiger partial charge is 0.254 e. The maximum Gasteiger partial charge on any atom is 0.254 e. The molecule has 0 heterocycles. The van der Waals surface area contributed by atoms with E-state index >= 15 is 0 Å². The minimum absolute atomic E-state index is 0.0877. The number of halogens is 1. The van der Waals surface area contributed by atoms with Crippen LogP contribution in [0.3, 0.4) is 0 Å². The number of hydrogen-bond donors (Lipinski definition) is 1. The van der Waals surface area contributed by atoms with Crippen LogP contribution >= 0.6 is 0 Å². The van der Waals surface area contributed by atoms with E-state index in [1.807, 2.05) is 6.92 Å². The zero-order chi connectivity index (χ0) is 13.5. The van der Waals surface area contributed by atoms with E-state index in [1.54, 1.807) is 19.1 Å². The number of aryl methyl sites for hydroxylation is 1. The summed E-state index contributed by atoms with van der Waals surface area (Å²) >= 11 is 0. The second-order valence-corrected chi connectivity index (χ2v) is 4.85. The fraction of sp³-hybridized carbons (Fsp3) is 0.533. The van der Waals surface area contributed by atoms with Crippen molar-refractivity contribution in [2.24, 2.45) is 0 Å². The summed E-state index contributed by atoms with van der Waals surface area (Å²) < 4.78 is 13.6. The Hall–Kier alpha value is -1.38. The third kappa shape index (κ3) is 4.47. The summed E-state index contributed by atoms with van der Waals surface area (Å²) in [6.07, 6.45) is 4.35. The van der Waals surface area contributed by atoms with Gasteiger partial charge in [-0.25, -0.2) is 4.39 Å². The molecule has 1 atom stereocenters. The van der Waals surface area contributed by atoms with Gasteiger partial charge in [-0.15, -0.1) is 0 Å². The highest BCUT2D eigenvalue weighted by Crippen LogP contribution is 2.11. The monoisotopic (exact) mass is 251 g/mol. The Morgan fingerprint density at radius 1 is 1.39 bits per heavy atom. The van der Waals surface area contributed by atoms with E-state index in [0.717, 1.165) is 24.8 Å². The molecule has 0 aliphatic carbocycles. The molecule has 0 aromatic heterocycles. The lowest BCUT2D eigenvalue weighted by molar-refractivity contribution is 0.0934. The summed E-state index contributed by atoms with van der Waals surface area (Å²) in [6.45, 7) is 5.91. The molecule has 2 nitrogen and oxygen atoms in total. The molecular formula is C15H22FNO. The molecule has 0 aliphatic rings. The molecule has 1 aromatic rings. The number of carbonyl (C=O) groups is 1. The molecule has 1 aromatic carbocycles. The number of carbonyl (C=O) groups excluding carboxylic acids is 1. The van der Waals surface area contributed by atoms with Crippen LogP contribution in [0.4, 0.5) is 4.39 Å². The predicted molar refractivity (Wildman–Crippen MR) is 72.2 cm³/mol. The molecule has 0 radical (unpaired) electrons. The van der Waals surface area contributed by atoms with Gasteiger partial charge in [-0.1, -0.05) is 32.3 Å². The second kappa shape index (κ2) is 7.14. The minimum atomic E-state index is -0.451. The molecule has 0 aliphatic heterocycles. The van der Waals surface area contributed by atoms with Gasteiger partial charge < -0.3 is 5.32 Å². The lowest BCUT2D eigenvalue weighted by Gasteiger charge is -2.14. The zero-order valence-electron chi connectivity index (χ0n) is 11.4. The van der Waals surface area contributed by atoms with Gasteiger partial charge in [0.15, 0.2) is 0 Å². The van der Waals surface area contributed by atoms with Crippen LogP contribution in [0, 0.1) is 12.7 Å². The highest BCUT2D eigenvalue weighted by molar-refractivity contribution is 5.94. The maximum absolute atomic E-state index is 13.6. The molecular weight excluding hydrogens is 229 g/mol. The summed E-state index contributed by atoms with van der Waals surface area (Å²) in [7, 11) is 0. The van der Waals surface area contributed by atoms with Gasteiger partial charge in [0.25, 0.3) is 5.91 Å². The molecule has 3 heteroatoms. The van der Waals surface area contributed by atoms with Gasteiger partial charge in [0, 0.05) is 6.04 Å². The van der Waals surface area contributed by atoms with Gasteiger partial charge in [-0.2, -0.15) is 0 Å². The molecule has 18 heavy (non-hydrogen) atoms. The topological polar surface area (TPSA) is 29.1 Å². The third-order valence-corrected chi connectivity index (χ3v) is 2.99. The molecule has 100 valence electrons. The first-order valence-electron chi connectivity index (χ1n) is 6.61. The Morgan fingerprint density at radius 2 is 2.11 bits per heavy atom. The van der Waals surface area contributed by atoms with Crippen molar-refractivity contribution in [3.63, 3.8) is 0 Å². The van der Waals surface area contributed by atoms with Crippen LogP contribution in [0.5, 0.6) is 0 Å². The summed E-state index contributed by atoms with van der Waals surface area (Å²) in [6, 6.07) is 4.76. The summed E-state index contributed by atoms with van der Waals surface area (Å²) in [5.74, 6) is -0.773. The van der Waals surface area contributed by atoms with Crippen LogP contribution < -0.4 is 5.32 Å². The van der Waals surface area contributed by atoms with Crippen LogP contribution in [0.25, 0.3) is 0 Å². The Balaban J connectivity index is 2.54. The molecule has 1 N–H and O–H groups in total. The number of unbranched alkanes of at least 4 members (excludes halogenated alkanes) is 2. The summed E-state index contributed by atoms with van der Waals surface area (Å²) in [5, 5.41) is 2.84. The fourth-order valence-corrected chi connectivity index (χ4v) is 1.88. The van der Waals surface area contributed by atoms with Gasteiger partial charge in [0.2, 0.25) is 0 Å². The fourth-order valence-electron chi connectivity index (χ4n) is 1.88. The first-order valence-corrected chi connectivity index (χ1v) is 6.61. The van der Waals surface area contributed by atoms with Crippen molar-refractivity contribution < 1.29 is 9.18 Å². The van der Waals surface area contributed by atoms with Crippen LogP contribution in [0.15, 0.2) is 18.2 Å². The average molecular weight is 251 g/mol. The van der Waals surface area contributed by atoms with Gasteiger partial charge in [0.05, 0.1) is 5.56 Å². The average Bonchev–Trinajstić information content (AvgIpc) is 2.28. The molecule has 1 amide bonds. The molecule has 0 spiro atoms. The van der Waals surface area contributed by atoms with Gasteiger partial charge in [0.1, 0.15) is 5.82 Å². The van der Waals surface area contributed by atoms with Crippen LogP contribution in [-0.2, 0) is 0 Å². The van der Waals surface area contributed by atoms with E-state index in [4.69, 9.17) is 0 Å². The normalized spacial score (nSPS) is 12.2. The van der Waals surface area contributed by atoms with E-state index in [0.29, 0.717) is 0 Å². The Bertz CT molecular complexity index is 403. The van der Waals surface area contributed by atoms with Gasteiger partial charge in [-0.05, 0) is 38.0 Å². The van der Waals surface area contributed by atoms with Crippen LogP contribution in [-0.4, -0.2) is 11.9 Å². The minimum Gasteiger partial charge on any atom is -0.349 e. The Morgan fingerprint density at radius 3 is 2.72 bits per heavy atom. The quantitative estimate of drug-likeness (QED) is 0.765. The second-order valence-electron chi connectivity index (χ2n) is 4.85. The van der Waals surface area contributed by atoms with Crippen molar-refractivity contribution in [2.45, 2.75) is 52.5 Å². The lowest BCUT2D eigenvalue weighted by Crippen LogP contribution is -2.33. The first kappa shape index (κ1) is 14.7. The summed E-state index contributed by atoms with van der Waals surface area (Å²) in [5.41, 5.74) is 0.947. The van der Waals surface area contributed by atoms with Crippen molar-refractivity contribution in [2.75, 3.05) is 0 Å². The predicted octanol–water partition coefficient (Wildman–Crippen LogP) is 3.83. The standard InChI is InChI=1S/C15H22FNO/c1-4-5-6-7-12(3)17-15(18)13-9-8-11(2)10-14(13)16/h8-10,12H,4-7H2,1-3H3,(H,17,18). The molecule has 0 bridgehead atoms. The number of hydrogen-bond acceptors (Lipinski definition) is 1. The zero-order valence-corrected chi connectivity index (χ0v) is 11.4. The summed E-state index contributed by atoms with van der Waals surface area (Å²) in [4.78, 5) is 11.9. The largest absolute Gasteiger partial charge is 0.349 e. The van der Waals surface area contributed by atoms with E-state index in [1.165, 1.54) is 12.5 Å². The lowest BCUT2D eigenvalue weighted by atomic mass is 10.1. The van der Waals surface area contributed by atoms with Gasteiger partial charge in [-0.3, -0.25) is 4.79 Å². The molecule has 1 rings (SSSR count). The molecule has 1 unspecified atom stereocenters. The van der Waals surface area contributed by atoms with Gasteiger partial charge >= 0.3 is 0 Å². The SMILES string of the molecule is CCCCCC(C)NC(=O)c1ccc(C)cc1F. The third-order valence-electron chi connectivity index (χ3n) is 2.99. The van der Waals surface area contributed by atoms with E-state index < -0.39 is 5.82 Å². The van der Waals surface area contributed by atoms with Crippen molar-refractivity contribution in [3.05, 3.63) is 35.1 Å². The van der Waals surface area contributed by atoms with E-state index in [2.05, 4.69) is 12.2 Å². The Labute approximate surface area is 109 Å². The molecule has 0 saturated carbocycles. The van der Waals surface area contributed by atoms with Crippen molar-refractivity contribution >= 4 is 5.91 Å². The van der Waals surface area contributed by atoms with Crippen LogP contribution in [0.2, 0.25) is 0 Å². The number of rotatable bonds is 6. The number of benzene rings is 1. The van der Waals surface area contributed by atoms with E-state index in [-0.39, 0.29) is 17.5 Å². The molecule has 0 fully saturated rings. The highest BCUT2D eigenvalue weighted by Gasteiger charge is 2.13. The van der Waals surface area contributed by atoms with Crippen molar-refractivity contribution in [1.29, 1.82) is 0 Å². The number of amides is 1. The Kier molecular flexibility index (Phi) is 5.83. The molecule has 0 saturated heterocycles. The van der Waals surface area contributed by atoms with Crippen molar-refractivity contribution in [3.8, 4) is 0 Å². The van der Waals surface area contributed by atoms with Crippen LogP contribution in [0.1, 0.15) is 55.5 Å². The highest BCUT2D eigenvalue weighted by atomic mass is 19.1.